The molecular weight excluding hydrogens is 460 g/mol. The van der Waals surface area contributed by atoms with Crippen LogP contribution < -0.4 is 10.1 Å². The number of carbonyl (C=O) groups excluding carboxylic acids is 4. The molecule has 4 aromatic rings. The van der Waals surface area contributed by atoms with Crippen LogP contribution in [-0.2, 0) is 0 Å². The number of hydrogen-bond acceptors (Lipinski definition) is 6. The lowest BCUT2D eigenvalue weighted by atomic mass is 9.98. The molecule has 1 aliphatic heterocycles. The predicted molar refractivity (Wildman–Crippen MR) is 130 cm³/mol. The number of carbonyl (C=O) groups is 4. The van der Waals surface area contributed by atoms with Gasteiger partial charge in [0, 0.05) is 25.1 Å². The van der Waals surface area contributed by atoms with E-state index in [1.54, 1.807) is 24.3 Å². The first kappa shape index (κ1) is 22.7. The minimum absolute atomic E-state index is 0.0278. The van der Waals surface area contributed by atoms with Crippen molar-refractivity contribution in [3.63, 3.8) is 0 Å². The van der Waals surface area contributed by atoms with Crippen LogP contribution in [0.15, 0.2) is 79.4 Å². The molecule has 0 saturated carbocycles. The summed E-state index contributed by atoms with van der Waals surface area (Å²) in [4.78, 5) is 56.2. The summed E-state index contributed by atoms with van der Waals surface area (Å²) in [6, 6.07) is 16.9. The van der Waals surface area contributed by atoms with E-state index in [2.05, 4.69) is 10.3 Å². The van der Waals surface area contributed by atoms with E-state index in [0.717, 1.165) is 10.5 Å². The fourth-order valence-corrected chi connectivity index (χ4v) is 3.84. The minimum atomic E-state index is -0.608. The van der Waals surface area contributed by atoms with E-state index in [1.165, 1.54) is 42.5 Å². The van der Waals surface area contributed by atoms with Gasteiger partial charge < -0.3 is 10.1 Å². The topological polar surface area (TPSA) is 111 Å². The number of imidazole rings is 1. The second-order valence-electron chi connectivity index (χ2n) is 8.28. The number of fused-ring (bicyclic) bond motifs is 1. The molecule has 2 heterocycles. The Balaban J connectivity index is 1.43. The van der Waals surface area contributed by atoms with Crippen LogP contribution in [-0.4, -0.2) is 45.1 Å². The molecule has 9 heteroatoms. The number of nitrogens with one attached hydrogen (secondary N) is 1. The SMILES string of the molecule is Cc1ccc(Oc2ccc(NC(=O)c3cc4c(cc3C(=O)n3ccnc3)C(=O)N(C)C4=O)cc2)cc1. The monoisotopic (exact) mass is 480 g/mol. The maximum atomic E-state index is 13.3. The minimum Gasteiger partial charge on any atom is -0.457 e. The summed E-state index contributed by atoms with van der Waals surface area (Å²) in [5.41, 5.74) is 1.65. The van der Waals surface area contributed by atoms with Crippen molar-refractivity contribution in [3.8, 4) is 11.5 Å². The first-order valence-corrected chi connectivity index (χ1v) is 11.0. The molecule has 9 nitrogen and oxygen atoms in total. The van der Waals surface area contributed by atoms with Crippen molar-refractivity contribution in [2.24, 2.45) is 0 Å². The molecular formula is C27H20N4O5. The molecule has 0 saturated heterocycles. The second-order valence-corrected chi connectivity index (χ2v) is 8.28. The molecule has 0 atom stereocenters. The van der Waals surface area contributed by atoms with Crippen LogP contribution in [0.4, 0.5) is 5.69 Å². The van der Waals surface area contributed by atoms with Crippen LogP contribution in [0.25, 0.3) is 0 Å². The number of aromatic nitrogens is 2. The van der Waals surface area contributed by atoms with E-state index in [4.69, 9.17) is 4.74 Å². The Hall–Kier alpha value is -5.05. The van der Waals surface area contributed by atoms with Gasteiger partial charge in [-0.25, -0.2) is 4.98 Å². The highest BCUT2D eigenvalue weighted by Gasteiger charge is 2.35. The normalized spacial score (nSPS) is 12.4. The molecule has 1 N–H and O–H groups in total. The number of rotatable bonds is 5. The van der Waals surface area contributed by atoms with Crippen LogP contribution in [0.3, 0.4) is 0 Å². The van der Waals surface area contributed by atoms with Gasteiger partial charge in [0.25, 0.3) is 23.6 Å². The highest BCUT2D eigenvalue weighted by molar-refractivity contribution is 6.24. The zero-order chi connectivity index (χ0) is 25.4. The van der Waals surface area contributed by atoms with Gasteiger partial charge in [0.2, 0.25) is 0 Å². The number of ether oxygens (including phenoxy) is 1. The maximum Gasteiger partial charge on any atom is 0.263 e. The molecule has 5 rings (SSSR count). The summed E-state index contributed by atoms with van der Waals surface area (Å²) in [6.07, 6.45) is 4.15. The van der Waals surface area contributed by atoms with Crippen molar-refractivity contribution in [1.82, 2.24) is 14.5 Å². The van der Waals surface area contributed by atoms with Crippen molar-refractivity contribution in [3.05, 3.63) is 107 Å². The Kier molecular flexibility index (Phi) is 5.65. The zero-order valence-electron chi connectivity index (χ0n) is 19.4. The van der Waals surface area contributed by atoms with Crippen molar-refractivity contribution in [2.75, 3.05) is 12.4 Å². The fourth-order valence-electron chi connectivity index (χ4n) is 3.84. The summed E-state index contributed by atoms with van der Waals surface area (Å²) in [5, 5.41) is 2.74. The largest absolute Gasteiger partial charge is 0.457 e. The number of nitrogens with zero attached hydrogens (tertiary/aromatic N) is 3. The van der Waals surface area contributed by atoms with E-state index in [0.29, 0.717) is 17.2 Å². The van der Waals surface area contributed by atoms with Crippen molar-refractivity contribution >= 4 is 29.3 Å². The van der Waals surface area contributed by atoms with Gasteiger partial charge in [0.15, 0.2) is 0 Å². The molecule has 0 spiro atoms. The van der Waals surface area contributed by atoms with Gasteiger partial charge in [-0.15, -0.1) is 0 Å². The number of aryl methyl sites for hydroxylation is 1. The Morgan fingerprint density at radius 1 is 0.861 bits per heavy atom. The number of amides is 3. The first-order chi connectivity index (χ1) is 17.3. The third-order valence-electron chi connectivity index (χ3n) is 5.81. The highest BCUT2D eigenvalue weighted by Crippen LogP contribution is 2.28. The third-order valence-corrected chi connectivity index (χ3v) is 5.81. The van der Waals surface area contributed by atoms with E-state index in [-0.39, 0.29) is 22.3 Å². The zero-order valence-corrected chi connectivity index (χ0v) is 19.4. The lowest BCUT2D eigenvalue weighted by molar-refractivity contribution is 0.0692. The van der Waals surface area contributed by atoms with Crippen LogP contribution >= 0.6 is 0 Å². The Morgan fingerprint density at radius 2 is 1.44 bits per heavy atom. The smallest absolute Gasteiger partial charge is 0.263 e. The lowest BCUT2D eigenvalue weighted by Gasteiger charge is -2.12. The van der Waals surface area contributed by atoms with E-state index >= 15 is 0 Å². The Labute approximate surface area is 205 Å². The summed E-state index contributed by atoms with van der Waals surface area (Å²) < 4.78 is 7.01. The molecule has 0 radical (unpaired) electrons. The molecule has 1 aliphatic rings. The van der Waals surface area contributed by atoms with Gasteiger partial charge in [-0.1, -0.05) is 17.7 Å². The van der Waals surface area contributed by atoms with E-state index in [1.807, 2.05) is 31.2 Å². The fraction of sp³-hybridized carbons (Fsp3) is 0.0741. The van der Waals surface area contributed by atoms with Crippen molar-refractivity contribution < 1.29 is 23.9 Å². The molecule has 1 aromatic heterocycles. The molecule has 0 aliphatic carbocycles. The van der Waals surface area contributed by atoms with Crippen LogP contribution in [0.5, 0.6) is 11.5 Å². The quantitative estimate of drug-likeness (QED) is 0.430. The summed E-state index contributed by atoms with van der Waals surface area (Å²) in [6.45, 7) is 1.99. The van der Waals surface area contributed by atoms with Crippen molar-refractivity contribution in [1.29, 1.82) is 0 Å². The number of benzene rings is 3. The molecule has 0 bridgehead atoms. The van der Waals surface area contributed by atoms with E-state index < -0.39 is 23.6 Å². The lowest BCUT2D eigenvalue weighted by Crippen LogP contribution is -2.24. The first-order valence-electron chi connectivity index (χ1n) is 11.0. The number of imide groups is 1. The number of hydrogen-bond donors (Lipinski definition) is 1. The van der Waals surface area contributed by atoms with E-state index in [9.17, 15) is 19.2 Å². The highest BCUT2D eigenvalue weighted by atomic mass is 16.5. The molecule has 0 fully saturated rings. The molecule has 0 unspecified atom stereocenters. The summed E-state index contributed by atoms with van der Waals surface area (Å²) >= 11 is 0. The predicted octanol–water partition coefficient (Wildman–Crippen LogP) is 4.15. The van der Waals surface area contributed by atoms with Crippen molar-refractivity contribution in [2.45, 2.75) is 6.92 Å². The third kappa shape index (κ3) is 4.14. The average Bonchev–Trinajstić information content (AvgIpc) is 3.50. The van der Waals surface area contributed by atoms with Gasteiger partial charge in [0.1, 0.15) is 17.8 Å². The van der Waals surface area contributed by atoms with Crippen LogP contribution in [0.1, 0.15) is 47.0 Å². The second kappa shape index (κ2) is 8.95. The van der Waals surface area contributed by atoms with Gasteiger partial charge in [-0.05, 0) is 55.5 Å². The molecule has 178 valence electrons. The van der Waals surface area contributed by atoms with Crippen LogP contribution in [0.2, 0.25) is 0 Å². The molecule has 3 aromatic carbocycles. The van der Waals surface area contributed by atoms with Gasteiger partial charge >= 0.3 is 0 Å². The number of anilines is 1. The molecule has 36 heavy (non-hydrogen) atoms. The summed E-state index contributed by atoms with van der Waals surface area (Å²) in [7, 11) is 1.35. The van der Waals surface area contributed by atoms with Crippen LogP contribution in [0, 0.1) is 6.92 Å². The van der Waals surface area contributed by atoms with Gasteiger partial charge in [0.05, 0.1) is 22.3 Å². The van der Waals surface area contributed by atoms with Gasteiger partial charge in [-0.2, -0.15) is 0 Å². The standard InChI is InChI=1S/C27H20N4O5/c1-16-3-7-18(8-4-16)36-19-9-5-17(6-10-19)29-24(32)20-13-22-23(26(34)30(2)25(22)33)14-21(20)27(35)31-12-11-28-15-31/h3-15H,1-2H3,(H,29,32). The Morgan fingerprint density at radius 3 is 2.03 bits per heavy atom. The maximum absolute atomic E-state index is 13.3. The average molecular weight is 480 g/mol. The summed E-state index contributed by atoms with van der Waals surface area (Å²) in [5.74, 6) is -0.977. The Bertz CT molecular complexity index is 1510. The van der Waals surface area contributed by atoms with Gasteiger partial charge in [-0.3, -0.25) is 28.6 Å². The molecule has 3 amide bonds.